The second-order valence-corrected chi connectivity index (χ2v) is 6.69. The van der Waals surface area contributed by atoms with Crippen LogP contribution in [0.4, 0.5) is 0 Å². The third-order valence-electron chi connectivity index (χ3n) is 3.55. The standard InChI is InChI=1S/C13H28N2/c1-10(13(7,8)14)15-9-12(5,6)11(2,3)4/h15H,1,9,14H2,2-8H3. The number of nitrogens with one attached hydrogen (secondary N) is 1. The van der Waals surface area contributed by atoms with Gasteiger partial charge in [0.15, 0.2) is 0 Å². The summed E-state index contributed by atoms with van der Waals surface area (Å²) in [5.41, 5.74) is 6.98. The molecule has 0 aromatic rings. The Morgan fingerprint density at radius 3 is 1.73 bits per heavy atom. The van der Waals surface area contributed by atoms with Gasteiger partial charge in [0.2, 0.25) is 0 Å². The van der Waals surface area contributed by atoms with Gasteiger partial charge in [-0.1, -0.05) is 41.2 Å². The molecule has 0 spiro atoms. The van der Waals surface area contributed by atoms with E-state index >= 15 is 0 Å². The van der Waals surface area contributed by atoms with Crippen LogP contribution in [0.15, 0.2) is 12.3 Å². The smallest absolute Gasteiger partial charge is 0.0495 e. The molecular formula is C13H28N2. The van der Waals surface area contributed by atoms with Crippen LogP contribution in [-0.4, -0.2) is 12.1 Å². The summed E-state index contributed by atoms with van der Waals surface area (Å²) in [5, 5.41) is 3.35. The summed E-state index contributed by atoms with van der Waals surface area (Å²) < 4.78 is 0. The molecule has 0 amide bonds. The van der Waals surface area contributed by atoms with Gasteiger partial charge in [-0.15, -0.1) is 0 Å². The van der Waals surface area contributed by atoms with Crippen molar-refractivity contribution < 1.29 is 0 Å². The van der Waals surface area contributed by atoms with E-state index in [9.17, 15) is 0 Å². The first-order chi connectivity index (χ1) is 6.38. The van der Waals surface area contributed by atoms with Gasteiger partial charge in [0.1, 0.15) is 0 Å². The van der Waals surface area contributed by atoms with Crippen molar-refractivity contribution in [1.82, 2.24) is 5.32 Å². The zero-order chi connectivity index (χ0) is 12.5. The molecule has 0 heterocycles. The summed E-state index contributed by atoms with van der Waals surface area (Å²) in [6.45, 7) is 20.1. The van der Waals surface area contributed by atoms with Gasteiger partial charge in [-0.3, -0.25) is 0 Å². The van der Waals surface area contributed by atoms with E-state index in [-0.39, 0.29) is 16.4 Å². The first-order valence-electron chi connectivity index (χ1n) is 5.60. The van der Waals surface area contributed by atoms with Crippen LogP contribution in [0.25, 0.3) is 0 Å². The lowest BCUT2D eigenvalue weighted by Crippen LogP contribution is -2.45. The van der Waals surface area contributed by atoms with Crippen molar-refractivity contribution in [3.63, 3.8) is 0 Å². The van der Waals surface area contributed by atoms with Gasteiger partial charge in [-0.2, -0.15) is 0 Å². The molecule has 3 N–H and O–H groups in total. The number of nitrogens with two attached hydrogens (primary N) is 1. The molecule has 0 saturated carbocycles. The Morgan fingerprint density at radius 1 is 1.07 bits per heavy atom. The highest BCUT2D eigenvalue weighted by Crippen LogP contribution is 2.37. The van der Waals surface area contributed by atoms with Crippen LogP contribution < -0.4 is 11.1 Å². The van der Waals surface area contributed by atoms with Crippen molar-refractivity contribution in [3.8, 4) is 0 Å². The molecule has 0 rings (SSSR count). The monoisotopic (exact) mass is 212 g/mol. The van der Waals surface area contributed by atoms with Gasteiger partial charge in [-0.25, -0.2) is 0 Å². The van der Waals surface area contributed by atoms with E-state index in [0.717, 1.165) is 12.2 Å². The normalized spacial score (nSPS) is 13.9. The lowest BCUT2D eigenvalue weighted by atomic mass is 9.69. The minimum Gasteiger partial charge on any atom is -0.387 e. The largest absolute Gasteiger partial charge is 0.387 e. The van der Waals surface area contributed by atoms with Gasteiger partial charge < -0.3 is 11.1 Å². The summed E-state index contributed by atoms with van der Waals surface area (Å²) >= 11 is 0. The highest BCUT2D eigenvalue weighted by atomic mass is 15.0. The van der Waals surface area contributed by atoms with Crippen LogP contribution in [0.2, 0.25) is 0 Å². The second kappa shape index (κ2) is 4.17. The fourth-order valence-corrected chi connectivity index (χ4v) is 0.821. The van der Waals surface area contributed by atoms with Crippen molar-refractivity contribution in [3.05, 3.63) is 12.3 Å². The molecule has 0 saturated heterocycles. The van der Waals surface area contributed by atoms with E-state index in [1.54, 1.807) is 0 Å². The molecule has 0 aliphatic rings. The van der Waals surface area contributed by atoms with Gasteiger partial charge in [0.05, 0.1) is 0 Å². The summed E-state index contributed by atoms with van der Waals surface area (Å²) in [6, 6.07) is 0. The van der Waals surface area contributed by atoms with Crippen LogP contribution >= 0.6 is 0 Å². The zero-order valence-corrected chi connectivity index (χ0v) is 11.5. The average Bonchev–Trinajstić information content (AvgIpc) is 1.96. The summed E-state index contributed by atoms with van der Waals surface area (Å²) in [4.78, 5) is 0. The predicted molar refractivity (Wildman–Crippen MR) is 68.6 cm³/mol. The van der Waals surface area contributed by atoms with E-state index in [4.69, 9.17) is 5.73 Å². The maximum absolute atomic E-state index is 5.96. The Balaban J connectivity index is 4.36. The molecule has 0 bridgehead atoms. The number of rotatable bonds is 4. The molecule has 0 aliphatic heterocycles. The first kappa shape index (κ1) is 14.5. The molecule has 90 valence electrons. The predicted octanol–water partition coefficient (Wildman–Crippen LogP) is 2.90. The van der Waals surface area contributed by atoms with E-state index in [2.05, 4.69) is 46.5 Å². The van der Waals surface area contributed by atoms with Crippen molar-refractivity contribution in [2.45, 2.75) is 54.0 Å². The quantitative estimate of drug-likeness (QED) is 0.752. The lowest BCUT2D eigenvalue weighted by Gasteiger charge is -2.40. The molecule has 0 radical (unpaired) electrons. The zero-order valence-electron chi connectivity index (χ0n) is 11.5. The van der Waals surface area contributed by atoms with Crippen LogP contribution in [0.1, 0.15) is 48.5 Å². The fraction of sp³-hybridized carbons (Fsp3) is 0.846. The molecule has 0 aromatic carbocycles. The first-order valence-corrected chi connectivity index (χ1v) is 5.60. The Morgan fingerprint density at radius 2 is 1.47 bits per heavy atom. The molecular weight excluding hydrogens is 184 g/mol. The topological polar surface area (TPSA) is 38.0 Å². The Hall–Kier alpha value is -0.500. The maximum Gasteiger partial charge on any atom is 0.0495 e. The number of hydrogen-bond donors (Lipinski definition) is 2. The summed E-state index contributed by atoms with van der Waals surface area (Å²) in [5.74, 6) is 0. The molecule has 2 heteroatoms. The van der Waals surface area contributed by atoms with E-state index < -0.39 is 0 Å². The van der Waals surface area contributed by atoms with Crippen molar-refractivity contribution in [2.75, 3.05) is 6.54 Å². The van der Waals surface area contributed by atoms with Gasteiger partial charge in [0, 0.05) is 17.8 Å². The van der Waals surface area contributed by atoms with E-state index in [1.165, 1.54) is 0 Å². The minimum absolute atomic E-state index is 0.210. The van der Waals surface area contributed by atoms with Crippen LogP contribution in [0, 0.1) is 10.8 Å². The second-order valence-electron chi connectivity index (χ2n) is 6.69. The average molecular weight is 212 g/mol. The molecule has 2 nitrogen and oxygen atoms in total. The summed E-state index contributed by atoms with van der Waals surface area (Å²) in [6.07, 6.45) is 0. The molecule has 0 unspecified atom stereocenters. The SMILES string of the molecule is C=C(NCC(C)(C)C(C)(C)C)C(C)(C)N. The van der Waals surface area contributed by atoms with Crippen molar-refractivity contribution in [1.29, 1.82) is 0 Å². The van der Waals surface area contributed by atoms with Gasteiger partial charge in [-0.05, 0) is 24.7 Å². The minimum atomic E-state index is -0.353. The molecule has 0 aliphatic carbocycles. The van der Waals surface area contributed by atoms with Crippen molar-refractivity contribution in [2.24, 2.45) is 16.6 Å². The highest BCUT2D eigenvalue weighted by molar-refractivity contribution is 5.09. The Bertz CT molecular complexity index is 226. The summed E-state index contributed by atoms with van der Waals surface area (Å²) in [7, 11) is 0. The molecule has 0 atom stereocenters. The van der Waals surface area contributed by atoms with Crippen LogP contribution in [0.3, 0.4) is 0 Å². The molecule has 0 fully saturated rings. The molecule has 0 aromatic heterocycles. The van der Waals surface area contributed by atoms with E-state index in [0.29, 0.717) is 0 Å². The van der Waals surface area contributed by atoms with Gasteiger partial charge >= 0.3 is 0 Å². The van der Waals surface area contributed by atoms with E-state index in [1.807, 2.05) is 13.8 Å². The van der Waals surface area contributed by atoms with Gasteiger partial charge in [0.25, 0.3) is 0 Å². The highest BCUT2D eigenvalue weighted by Gasteiger charge is 2.33. The number of hydrogen-bond acceptors (Lipinski definition) is 2. The van der Waals surface area contributed by atoms with Crippen molar-refractivity contribution >= 4 is 0 Å². The van der Waals surface area contributed by atoms with Crippen LogP contribution in [0.5, 0.6) is 0 Å². The third-order valence-corrected chi connectivity index (χ3v) is 3.55. The Kier molecular flexibility index (Phi) is 4.03. The molecule has 15 heavy (non-hydrogen) atoms. The lowest BCUT2D eigenvalue weighted by molar-refractivity contribution is 0.131. The third kappa shape index (κ3) is 4.25. The van der Waals surface area contributed by atoms with Crippen LogP contribution in [-0.2, 0) is 0 Å². The maximum atomic E-state index is 5.96. The Labute approximate surface area is 95.3 Å². The fourth-order valence-electron chi connectivity index (χ4n) is 0.821.